The third kappa shape index (κ3) is 4.94. The quantitative estimate of drug-likeness (QED) is 0.351. The lowest BCUT2D eigenvalue weighted by Gasteiger charge is -2.18. The second-order valence-electron chi connectivity index (χ2n) is 8.74. The molecule has 0 bridgehead atoms. The van der Waals surface area contributed by atoms with Crippen LogP contribution in [0.2, 0.25) is 0 Å². The maximum Gasteiger partial charge on any atom is 0.220 e. The van der Waals surface area contributed by atoms with Gasteiger partial charge in [0.2, 0.25) is 5.91 Å². The average molecular weight is 425 g/mol. The zero-order chi connectivity index (χ0) is 22.5. The van der Waals surface area contributed by atoms with E-state index < -0.39 is 0 Å². The maximum atomic E-state index is 12.8. The highest BCUT2D eigenvalue weighted by molar-refractivity contribution is 5.86. The molecular formula is C29H32N2O. The van der Waals surface area contributed by atoms with Gasteiger partial charge in [-0.3, -0.25) is 4.79 Å². The van der Waals surface area contributed by atoms with E-state index in [-0.39, 0.29) is 11.8 Å². The molecule has 0 unspecified atom stereocenters. The van der Waals surface area contributed by atoms with E-state index in [1.165, 1.54) is 38.7 Å². The van der Waals surface area contributed by atoms with E-state index in [4.69, 9.17) is 0 Å². The second-order valence-corrected chi connectivity index (χ2v) is 8.74. The van der Waals surface area contributed by atoms with Crippen molar-refractivity contribution < 1.29 is 4.79 Å². The fourth-order valence-corrected chi connectivity index (χ4v) is 4.39. The van der Waals surface area contributed by atoms with Crippen molar-refractivity contribution in [3.8, 4) is 0 Å². The first-order valence-corrected chi connectivity index (χ1v) is 11.5. The number of aryl methyl sites for hydroxylation is 2. The van der Waals surface area contributed by atoms with Crippen LogP contribution in [-0.2, 0) is 11.3 Å². The zero-order valence-electron chi connectivity index (χ0n) is 19.3. The highest BCUT2D eigenvalue weighted by Gasteiger charge is 2.23. The number of aromatic nitrogens is 1. The van der Waals surface area contributed by atoms with Crippen LogP contribution in [0, 0.1) is 13.8 Å². The molecule has 0 aliphatic heterocycles. The minimum Gasteiger partial charge on any atom is -0.356 e. The van der Waals surface area contributed by atoms with Gasteiger partial charge in [0.25, 0.3) is 0 Å². The topological polar surface area (TPSA) is 34.0 Å². The Morgan fingerprint density at radius 2 is 1.72 bits per heavy atom. The number of hydrogen-bond acceptors (Lipinski definition) is 1. The second kappa shape index (κ2) is 9.86. The van der Waals surface area contributed by atoms with Gasteiger partial charge in [0.1, 0.15) is 0 Å². The normalized spacial score (nSPS) is 12.1. The Bertz CT molecular complexity index is 1200. The highest BCUT2D eigenvalue weighted by Crippen LogP contribution is 2.35. The summed E-state index contributed by atoms with van der Waals surface area (Å²) in [4.78, 5) is 12.8. The van der Waals surface area contributed by atoms with Crippen molar-refractivity contribution in [1.29, 1.82) is 0 Å². The number of carbonyl (C=O) groups excluding carboxylic acids is 1. The standard InChI is InChI=1S/C29H32N2O/c1-4-16-30-29(32)18-26(24-9-7-8-22(3)17-24)27-20-31(28-11-6-5-10-25(27)28)19-23-14-12-21(2)13-15-23/h5-15,17,20,26H,4,16,18-19H2,1-3H3,(H,30,32)/t26-/m0/s1. The van der Waals surface area contributed by atoms with E-state index in [0.717, 1.165) is 13.0 Å². The van der Waals surface area contributed by atoms with Crippen LogP contribution in [0.1, 0.15) is 53.5 Å². The predicted molar refractivity (Wildman–Crippen MR) is 133 cm³/mol. The van der Waals surface area contributed by atoms with E-state index in [1.807, 2.05) is 0 Å². The number of benzene rings is 3. The molecule has 3 heteroatoms. The first-order chi connectivity index (χ1) is 15.5. The van der Waals surface area contributed by atoms with Gasteiger partial charge in [-0.25, -0.2) is 0 Å². The molecule has 164 valence electrons. The first kappa shape index (κ1) is 21.9. The number of nitrogens with zero attached hydrogens (tertiary/aromatic N) is 1. The number of fused-ring (bicyclic) bond motifs is 1. The summed E-state index contributed by atoms with van der Waals surface area (Å²) >= 11 is 0. The molecule has 0 saturated heterocycles. The fourth-order valence-electron chi connectivity index (χ4n) is 4.39. The summed E-state index contributed by atoms with van der Waals surface area (Å²) in [5.74, 6) is 0.115. The van der Waals surface area contributed by atoms with Crippen molar-refractivity contribution in [2.24, 2.45) is 0 Å². The van der Waals surface area contributed by atoms with E-state index >= 15 is 0 Å². The number of rotatable bonds is 8. The maximum absolute atomic E-state index is 12.8. The molecule has 4 aromatic rings. The molecule has 0 saturated carbocycles. The van der Waals surface area contributed by atoms with Crippen LogP contribution >= 0.6 is 0 Å². The minimum absolute atomic E-state index is 0.0101. The van der Waals surface area contributed by atoms with Gasteiger partial charge in [-0.05, 0) is 43.0 Å². The van der Waals surface area contributed by atoms with E-state index in [0.29, 0.717) is 13.0 Å². The Morgan fingerprint density at radius 1 is 0.938 bits per heavy atom. The number of nitrogens with one attached hydrogen (secondary N) is 1. The summed E-state index contributed by atoms with van der Waals surface area (Å²) in [7, 11) is 0. The molecule has 1 aromatic heterocycles. The summed E-state index contributed by atoms with van der Waals surface area (Å²) < 4.78 is 2.32. The van der Waals surface area contributed by atoms with Gasteiger partial charge < -0.3 is 9.88 Å². The monoisotopic (exact) mass is 424 g/mol. The van der Waals surface area contributed by atoms with E-state index in [9.17, 15) is 4.79 Å². The summed E-state index contributed by atoms with van der Waals surface area (Å²) in [5.41, 5.74) is 7.36. The molecule has 0 spiro atoms. The van der Waals surface area contributed by atoms with Crippen molar-refractivity contribution in [3.63, 3.8) is 0 Å². The molecule has 32 heavy (non-hydrogen) atoms. The fraction of sp³-hybridized carbons (Fsp3) is 0.276. The molecule has 0 fully saturated rings. The first-order valence-electron chi connectivity index (χ1n) is 11.5. The molecule has 0 aliphatic carbocycles. The van der Waals surface area contributed by atoms with Crippen LogP contribution in [0.15, 0.2) is 79.0 Å². The van der Waals surface area contributed by atoms with Gasteiger partial charge in [-0.15, -0.1) is 0 Å². The third-order valence-electron chi connectivity index (χ3n) is 6.07. The molecule has 0 radical (unpaired) electrons. The molecule has 1 amide bonds. The van der Waals surface area contributed by atoms with Crippen LogP contribution in [0.5, 0.6) is 0 Å². The Balaban J connectivity index is 1.77. The largest absolute Gasteiger partial charge is 0.356 e. The molecular weight excluding hydrogens is 392 g/mol. The molecule has 4 rings (SSSR count). The Hall–Kier alpha value is -3.33. The summed E-state index contributed by atoms with van der Waals surface area (Å²) in [5, 5.41) is 4.29. The van der Waals surface area contributed by atoms with Crippen LogP contribution in [0.3, 0.4) is 0 Å². The number of hydrogen-bond donors (Lipinski definition) is 1. The lowest BCUT2D eigenvalue weighted by atomic mass is 9.87. The number of para-hydroxylation sites is 1. The average Bonchev–Trinajstić information content (AvgIpc) is 3.16. The van der Waals surface area contributed by atoms with Gasteiger partial charge >= 0.3 is 0 Å². The minimum atomic E-state index is 0.0101. The lowest BCUT2D eigenvalue weighted by molar-refractivity contribution is -0.121. The highest BCUT2D eigenvalue weighted by atomic mass is 16.1. The third-order valence-corrected chi connectivity index (χ3v) is 6.07. The molecule has 1 heterocycles. The summed E-state index contributed by atoms with van der Waals surface area (Å²) in [6, 6.07) is 25.8. The van der Waals surface area contributed by atoms with Gasteiger partial charge in [0.15, 0.2) is 0 Å². The van der Waals surface area contributed by atoms with Gasteiger partial charge in [-0.1, -0.05) is 84.8 Å². The van der Waals surface area contributed by atoms with E-state index in [2.05, 4.69) is 110 Å². The predicted octanol–water partition coefficient (Wildman–Crippen LogP) is 6.35. The van der Waals surface area contributed by atoms with Crippen LogP contribution in [-0.4, -0.2) is 17.0 Å². The van der Waals surface area contributed by atoms with Crippen LogP contribution in [0.25, 0.3) is 10.9 Å². The molecule has 3 aromatic carbocycles. The summed E-state index contributed by atoms with van der Waals surface area (Å²) in [6.45, 7) is 7.83. The zero-order valence-corrected chi connectivity index (χ0v) is 19.3. The summed E-state index contributed by atoms with van der Waals surface area (Å²) in [6.07, 6.45) is 3.64. The van der Waals surface area contributed by atoms with Gasteiger partial charge in [0.05, 0.1) is 0 Å². The smallest absolute Gasteiger partial charge is 0.220 e. The van der Waals surface area contributed by atoms with Crippen molar-refractivity contribution in [2.45, 2.75) is 46.1 Å². The lowest BCUT2D eigenvalue weighted by Crippen LogP contribution is -2.26. The molecule has 1 N–H and O–H groups in total. The number of carbonyl (C=O) groups is 1. The molecule has 3 nitrogen and oxygen atoms in total. The molecule has 1 atom stereocenters. The van der Waals surface area contributed by atoms with Crippen molar-refractivity contribution >= 4 is 16.8 Å². The Labute approximate surface area is 191 Å². The van der Waals surface area contributed by atoms with E-state index in [1.54, 1.807) is 0 Å². The Kier molecular flexibility index (Phi) is 6.75. The SMILES string of the molecule is CCCNC(=O)C[C@@H](c1cccc(C)c1)c1cn(Cc2ccc(C)cc2)c2ccccc12. The van der Waals surface area contributed by atoms with Crippen LogP contribution in [0.4, 0.5) is 0 Å². The molecule has 0 aliphatic rings. The number of amides is 1. The van der Waals surface area contributed by atoms with Gasteiger partial charge in [0, 0.05) is 42.5 Å². The van der Waals surface area contributed by atoms with Crippen LogP contribution < -0.4 is 5.32 Å². The van der Waals surface area contributed by atoms with Crippen molar-refractivity contribution in [3.05, 3.63) is 107 Å². The van der Waals surface area contributed by atoms with Crippen molar-refractivity contribution in [1.82, 2.24) is 9.88 Å². The van der Waals surface area contributed by atoms with Crippen molar-refractivity contribution in [2.75, 3.05) is 6.54 Å². The van der Waals surface area contributed by atoms with Gasteiger partial charge in [-0.2, -0.15) is 0 Å². The Morgan fingerprint density at radius 3 is 2.47 bits per heavy atom.